The SMILES string of the molecule is c1ccc(-c2cc(-c3ccc(-c4ccccn4)cc3)nc(-c3ccc(-c4ccc5ccc6cccc7ccc4c5c67)cc3)n2)cc1. The first-order chi connectivity index (χ1) is 22.8. The molecule has 0 aliphatic carbocycles. The van der Waals surface area contributed by atoms with Crippen molar-refractivity contribution < 1.29 is 0 Å². The summed E-state index contributed by atoms with van der Waals surface area (Å²) >= 11 is 0. The molecule has 9 rings (SSSR count). The Labute approximate surface area is 266 Å². The first-order valence-electron chi connectivity index (χ1n) is 15.5. The molecule has 214 valence electrons. The lowest BCUT2D eigenvalue weighted by molar-refractivity contribution is 1.18. The van der Waals surface area contributed by atoms with Crippen LogP contribution in [0.25, 0.3) is 88.6 Å². The lowest BCUT2D eigenvalue weighted by atomic mass is 9.90. The minimum absolute atomic E-state index is 0.701. The van der Waals surface area contributed by atoms with Crippen LogP contribution < -0.4 is 0 Å². The molecule has 0 N–H and O–H groups in total. The van der Waals surface area contributed by atoms with Crippen molar-refractivity contribution in [2.75, 3.05) is 0 Å². The third-order valence-corrected chi connectivity index (χ3v) is 8.92. The molecule has 0 saturated heterocycles. The molecule has 2 aromatic heterocycles. The van der Waals surface area contributed by atoms with Gasteiger partial charge in [0.15, 0.2) is 5.82 Å². The molecule has 0 unspecified atom stereocenters. The summed E-state index contributed by atoms with van der Waals surface area (Å²) in [5.74, 6) is 0.701. The topological polar surface area (TPSA) is 38.7 Å². The van der Waals surface area contributed by atoms with Gasteiger partial charge in [-0.1, -0.05) is 140 Å². The van der Waals surface area contributed by atoms with Crippen molar-refractivity contribution >= 4 is 32.3 Å². The number of aromatic nitrogens is 3. The Hall–Kier alpha value is -6.19. The molecule has 0 atom stereocenters. The smallest absolute Gasteiger partial charge is 0.160 e. The lowest BCUT2D eigenvalue weighted by Gasteiger charge is -2.14. The summed E-state index contributed by atoms with van der Waals surface area (Å²) in [6.07, 6.45) is 1.82. The maximum Gasteiger partial charge on any atom is 0.160 e. The van der Waals surface area contributed by atoms with Crippen molar-refractivity contribution in [3.05, 3.63) is 164 Å². The molecule has 3 nitrogen and oxygen atoms in total. The van der Waals surface area contributed by atoms with Gasteiger partial charge in [-0.25, -0.2) is 9.97 Å². The third-order valence-electron chi connectivity index (χ3n) is 8.92. The zero-order valence-corrected chi connectivity index (χ0v) is 24.9. The Morgan fingerprint density at radius 1 is 0.348 bits per heavy atom. The van der Waals surface area contributed by atoms with E-state index in [0.717, 1.165) is 39.3 Å². The van der Waals surface area contributed by atoms with Crippen LogP contribution in [0.5, 0.6) is 0 Å². The van der Waals surface area contributed by atoms with Gasteiger partial charge in [-0.2, -0.15) is 0 Å². The highest BCUT2D eigenvalue weighted by atomic mass is 14.9. The van der Waals surface area contributed by atoms with E-state index in [1.165, 1.54) is 43.4 Å². The largest absolute Gasteiger partial charge is 0.256 e. The van der Waals surface area contributed by atoms with E-state index in [0.29, 0.717) is 5.82 Å². The molecule has 0 radical (unpaired) electrons. The van der Waals surface area contributed by atoms with Crippen molar-refractivity contribution in [2.24, 2.45) is 0 Å². The lowest BCUT2D eigenvalue weighted by Crippen LogP contribution is -1.96. The molecule has 0 saturated carbocycles. The molecule has 0 spiro atoms. The van der Waals surface area contributed by atoms with E-state index in [4.69, 9.17) is 9.97 Å². The number of hydrogen-bond acceptors (Lipinski definition) is 3. The summed E-state index contributed by atoms with van der Waals surface area (Å²) in [4.78, 5) is 14.6. The van der Waals surface area contributed by atoms with Gasteiger partial charge in [0, 0.05) is 28.5 Å². The molecule has 0 bridgehead atoms. The highest BCUT2D eigenvalue weighted by molar-refractivity contribution is 6.25. The van der Waals surface area contributed by atoms with E-state index in [1.807, 2.05) is 42.6 Å². The van der Waals surface area contributed by atoms with E-state index < -0.39 is 0 Å². The second kappa shape index (κ2) is 10.8. The van der Waals surface area contributed by atoms with Crippen molar-refractivity contribution in [1.29, 1.82) is 0 Å². The molecular formula is C43H27N3. The Balaban J connectivity index is 1.13. The average molecular weight is 586 g/mol. The minimum Gasteiger partial charge on any atom is -0.256 e. The van der Waals surface area contributed by atoms with Gasteiger partial charge in [0.1, 0.15) is 0 Å². The fraction of sp³-hybridized carbons (Fsp3) is 0. The van der Waals surface area contributed by atoms with Crippen LogP contribution in [0.4, 0.5) is 0 Å². The fourth-order valence-electron chi connectivity index (χ4n) is 6.61. The highest BCUT2D eigenvalue weighted by Crippen LogP contribution is 2.39. The van der Waals surface area contributed by atoms with Gasteiger partial charge in [-0.3, -0.25) is 4.98 Å². The van der Waals surface area contributed by atoms with Crippen molar-refractivity contribution in [3.63, 3.8) is 0 Å². The summed E-state index contributed by atoms with van der Waals surface area (Å²) < 4.78 is 0. The second-order valence-corrected chi connectivity index (χ2v) is 11.7. The molecule has 46 heavy (non-hydrogen) atoms. The highest BCUT2D eigenvalue weighted by Gasteiger charge is 2.14. The van der Waals surface area contributed by atoms with E-state index in [1.54, 1.807) is 0 Å². The normalized spacial score (nSPS) is 11.5. The Kier molecular flexibility index (Phi) is 6.14. The van der Waals surface area contributed by atoms with E-state index in [-0.39, 0.29) is 0 Å². The average Bonchev–Trinajstić information content (AvgIpc) is 3.14. The van der Waals surface area contributed by atoms with Crippen LogP contribution >= 0.6 is 0 Å². The van der Waals surface area contributed by atoms with Gasteiger partial charge in [-0.15, -0.1) is 0 Å². The van der Waals surface area contributed by atoms with Crippen molar-refractivity contribution in [3.8, 4) is 56.3 Å². The quantitative estimate of drug-likeness (QED) is 0.189. The third kappa shape index (κ3) is 4.49. The Morgan fingerprint density at radius 3 is 1.61 bits per heavy atom. The number of rotatable bonds is 5. The molecule has 0 amide bonds. The first kappa shape index (κ1) is 26.2. The molecular weight excluding hydrogens is 558 g/mol. The van der Waals surface area contributed by atoms with Gasteiger partial charge < -0.3 is 0 Å². The van der Waals surface area contributed by atoms with E-state index in [9.17, 15) is 0 Å². The number of nitrogens with zero attached hydrogens (tertiary/aromatic N) is 3. The Bertz CT molecular complexity index is 2470. The maximum absolute atomic E-state index is 5.08. The van der Waals surface area contributed by atoms with Gasteiger partial charge in [0.25, 0.3) is 0 Å². The monoisotopic (exact) mass is 585 g/mol. The van der Waals surface area contributed by atoms with Crippen LogP contribution in [0.2, 0.25) is 0 Å². The van der Waals surface area contributed by atoms with Crippen LogP contribution in [0.3, 0.4) is 0 Å². The standard InChI is InChI=1S/C43H27N3/c1-2-7-29(8-3-1)39-27-40(31-16-14-30(15-17-31)38-11-4-5-26-44-38)46-43(45-39)35-20-12-28(13-21-35)36-24-22-34-19-18-32-9-6-10-33-23-25-37(36)42(34)41(32)33/h1-27H. The zero-order valence-electron chi connectivity index (χ0n) is 24.9. The minimum atomic E-state index is 0.701. The second-order valence-electron chi connectivity index (χ2n) is 11.7. The van der Waals surface area contributed by atoms with Gasteiger partial charge >= 0.3 is 0 Å². The summed E-state index contributed by atoms with van der Waals surface area (Å²) in [6.45, 7) is 0. The van der Waals surface area contributed by atoms with Crippen LogP contribution in [0.15, 0.2) is 164 Å². The van der Waals surface area contributed by atoms with Gasteiger partial charge in [0.2, 0.25) is 0 Å². The maximum atomic E-state index is 5.08. The molecule has 3 heteroatoms. The molecule has 0 aliphatic rings. The molecule has 2 heterocycles. The predicted octanol–water partition coefficient (Wildman–Crippen LogP) is 11.1. The Morgan fingerprint density at radius 2 is 0.913 bits per heavy atom. The van der Waals surface area contributed by atoms with Gasteiger partial charge in [-0.05, 0) is 61.6 Å². The number of benzene rings is 7. The van der Waals surface area contributed by atoms with Crippen LogP contribution in [0.1, 0.15) is 0 Å². The number of pyridine rings is 1. The zero-order chi connectivity index (χ0) is 30.5. The van der Waals surface area contributed by atoms with Crippen LogP contribution in [0, 0.1) is 0 Å². The molecule has 0 aliphatic heterocycles. The van der Waals surface area contributed by atoms with Gasteiger partial charge in [0.05, 0.1) is 17.1 Å². The summed E-state index contributed by atoms with van der Waals surface area (Å²) in [5, 5.41) is 7.76. The first-order valence-corrected chi connectivity index (χ1v) is 15.5. The van der Waals surface area contributed by atoms with E-state index in [2.05, 4.69) is 126 Å². The number of hydrogen-bond donors (Lipinski definition) is 0. The summed E-state index contributed by atoms with van der Waals surface area (Å²) in [7, 11) is 0. The molecule has 9 aromatic rings. The predicted molar refractivity (Wildman–Crippen MR) is 191 cm³/mol. The van der Waals surface area contributed by atoms with Crippen LogP contribution in [-0.4, -0.2) is 15.0 Å². The summed E-state index contributed by atoms with van der Waals surface area (Å²) in [6, 6.07) is 55.5. The summed E-state index contributed by atoms with van der Waals surface area (Å²) in [5.41, 5.74) is 9.27. The van der Waals surface area contributed by atoms with Crippen molar-refractivity contribution in [1.82, 2.24) is 15.0 Å². The molecule has 7 aromatic carbocycles. The van der Waals surface area contributed by atoms with E-state index >= 15 is 0 Å². The fourth-order valence-corrected chi connectivity index (χ4v) is 6.61. The molecule has 0 fully saturated rings. The van der Waals surface area contributed by atoms with Crippen LogP contribution in [-0.2, 0) is 0 Å². The van der Waals surface area contributed by atoms with Crippen molar-refractivity contribution in [2.45, 2.75) is 0 Å².